The minimum absolute atomic E-state index is 0.376. The summed E-state index contributed by atoms with van der Waals surface area (Å²) in [4.78, 5) is 14.3. The lowest BCUT2D eigenvalue weighted by Crippen LogP contribution is -2.24. The van der Waals surface area contributed by atoms with Crippen molar-refractivity contribution in [3.8, 4) is 0 Å². The SMILES string of the molecule is O=C(NN=Cc1ccc[nH]1)Nc1ccccc1. The molecule has 0 atom stereocenters. The molecule has 1 heterocycles. The Morgan fingerprint density at radius 2 is 2.00 bits per heavy atom. The number of anilines is 1. The maximum atomic E-state index is 11.4. The number of hydrazone groups is 1. The van der Waals surface area contributed by atoms with Gasteiger partial charge in [0.15, 0.2) is 0 Å². The lowest BCUT2D eigenvalue weighted by molar-refractivity contribution is 0.252. The number of hydrogen-bond donors (Lipinski definition) is 3. The minimum Gasteiger partial charge on any atom is -0.360 e. The van der Waals surface area contributed by atoms with Crippen molar-refractivity contribution < 1.29 is 4.79 Å². The van der Waals surface area contributed by atoms with E-state index < -0.39 is 0 Å². The van der Waals surface area contributed by atoms with Gasteiger partial charge in [0, 0.05) is 11.9 Å². The number of benzene rings is 1. The normalized spacial score (nSPS) is 10.4. The van der Waals surface area contributed by atoms with E-state index in [-0.39, 0.29) is 6.03 Å². The number of hydrogen-bond acceptors (Lipinski definition) is 2. The molecule has 86 valence electrons. The molecule has 0 saturated heterocycles. The predicted molar refractivity (Wildman–Crippen MR) is 67.0 cm³/mol. The van der Waals surface area contributed by atoms with E-state index in [1.54, 1.807) is 18.3 Å². The van der Waals surface area contributed by atoms with Gasteiger partial charge in [-0.05, 0) is 24.3 Å². The van der Waals surface area contributed by atoms with Crippen molar-refractivity contribution in [1.82, 2.24) is 10.4 Å². The molecule has 2 aromatic rings. The fraction of sp³-hybridized carbons (Fsp3) is 0. The summed E-state index contributed by atoms with van der Waals surface area (Å²) < 4.78 is 0. The Balaban J connectivity index is 1.82. The number of para-hydroxylation sites is 1. The van der Waals surface area contributed by atoms with Crippen LogP contribution in [0.1, 0.15) is 5.69 Å². The molecule has 5 nitrogen and oxygen atoms in total. The molecule has 0 saturated carbocycles. The highest BCUT2D eigenvalue weighted by Gasteiger charge is 1.97. The van der Waals surface area contributed by atoms with Crippen LogP contribution in [0, 0.1) is 0 Å². The average molecular weight is 228 g/mol. The highest BCUT2D eigenvalue weighted by molar-refractivity contribution is 5.90. The molecule has 1 aromatic heterocycles. The smallest absolute Gasteiger partial charge is 0.339 e. The number of aromatic amines is 1. The van der Waals surface area contributed by atoms with Crippen LogP contribution in [0.4, 0.5) is 10.5 Å². The second-order valence-electron chi connectivity index (χ2n) is 3.32. The van der Waals surface area contributed by atoms with Crippen LogP contribution >= 0.6 is 0 Å². The minimum atomic E-state index is -0.376. The van der Waals surface area contributed by atoms with E-state index in [0.717, 1.165) is 11.4 Å². The third-order valence-electron chi connectivity index (χ3n) is 2.02. The van der Waals surface area contributed by atoms with Crippen LogP contribution in [-0.4, -0.2) is 17.2 Å². The third-order valence-corrected chi connectivity index (χ3v) is 2.02. The predicted octanol–water partition coefficient (Wildman–Crippen LogP) is 2.17. The Labute approximate surface area is 98.6 Å². The van der Waals surface area contributed by atoms with Gasteiger partial charge in [-0.3, -0.25) is 0 Å². The summed E-state index contributed by atoms with van der Waals surface area (Å²) in [5.74, 6) is 0. The van der Waals surface area contributed by atoms with E-state index in [2.05, 4.69) is 20.8 Å². The van der Waals surface area contributed by atoms with E-state index in [0.29, 0.717) is 0 Å². The number of rotatable bonds is 3. The molecule has 3 N–H and O–H groups in total. The summed E-state index contributed by atoms with van der Waals surface area (Å²) >= 11 is 0. The highest BCUT2D eigenvalue weighted by Crippen LogP contribution is 2.03. The average Bonchev–Trinajstić information content (AvgIpc) is 2.83. The van der Waals surface area contributed by atoms with Gasteiger partial charge in [-0.1, -0.05) is 18.2 Å². The first kappa shape index (κ1) is 10.9. The van der Waals surface area contributed by atoms with Crippen molar-refractivity contribution >= 4 is 17.9 Å². The molecule has 0 aliphatic rings. The first-order valence-electron chi connectivity index (χ1n) is 5.13. The lowest BCUT2D eigenvalue weighted by atomic mass is 10.3. The van der Waals surface area contributed by atoms with Gasteiger partial charge in [-0.25, -0.2) is 10.2 Å². The van der Waals surface area contributed by atoms with E-state index in [1.807, 2.05) is 30.3 Å². The molecule has 17 heavy (non-hydrogen) atoms. The number of nitrogens with zero attached hydrogens (tertiary/aromatic N) is 1. The molecule has 1 aromatic carbocycles. The second-order valence-corrected chi connectivity index (χ2v) is 3.32. The molecule has 5 heteroatoms. The molecule has 0 radical (unpaired) electrons. The van der Waals surface area contributed by atoms with Gasteiger partial charge in [0.1, 0.15) is 0 Å². The molecular weight excluding hydrogens is 216 g/mol. The summed E-state index contributed by atoms with van der Waals surface area (Å²) in [5, 5.41) is 6.44. The quantitative estimate of drug-likeness (QED) is 0.547. The monoisotopic (exact) mass is 228 g/mol. The summed E-state index contributed by atoms with van der Waals surface area (Å²) in [7, 11) is 0. The number of nitrogens with one attached hydrogen (secondary N) is 3. The van der Waals surface area contributed by atoms with Crippen LogP contribution in [0.2, 0.25) is 0 Å². The fourth-order valence-corrected chi connectivity index (χ4v) is 1.27. The Morgan fingerprint density at radius 3 is 2.71 bits per heavy atom. The number of aromatic nitrogens is 1. The summed E-state index contributed by atoms with van der Waals surface area (Å²) in [6.45, 7) is 0. The number of urea groups is 1. The van der Waals surface area contributed by atoms with E-state index in [1.165, 1.54) is 6.21 Å². The van der Waals surface area contributed by atoms with Crippen LogP contribution in [0.5, 0.6) is 0 Å². The number of carbonyl (C=O) groups is 1. The van der Waals surface area contributed by atoms with E-state index >= 15 is 0 Å². The van der Waals surface area contributed by atoms with Crippen molar-refractivity contribution in [3.05, 3.63) is 54.4 Å². The zero-order chi connectivity index (χ0) is 11.9. The van der Waals surface area contributed by atoms with Crippen molar-refractivity contribution in [2.75, 3.05) is 5.32 Å². The van der Waals surface area contributed by atoms with Crippen LogP contribution in [0.3, 0.4) is 0 Å². The van der Waals surface area contributed by atoms with Gasteiger partial charge in [0.2, 0.25) is 0 Å². The third kappa shape index (κ3) is 3.49. The van der Waals surface area contributed by atoms with Gasteiger partial charge in [-0.15, -0.1) is 0 Å². The van der Waals surface area contributed by atoms with Gasteiger partial charge in [-0.2, -0.15) is 5.10 Å². The molecular formula is C12H12N4O. The molecule has 0 bridgehead atoms. The number of carbonyl (C=O) groups excluding carboxylic acids is 1. The Hall–Kier alpha value is -2.56. The van der Waals surface area contributed by atoms with Crippen molar-refractivity contribution in [3.63, 3.8) is 0 Å². The van der Waals surface area contributed by atoms with Crippen LogP contribution < -0.4 is 10.7 Å². The van der Waals surface area contributed by atoms with E-state index in [9.17, 15) is 4.79 Å². The summed E-state index contributed by atoms with van der Waals surface area (Å²) in [6.07, 6.45) is 3.32. The molecule has 2 rings (SSSR count). The molecule has 0 unspecified atom stereocenters. The molecule has 0 aliphatic carbocycles. The Bertz CT molecular complexity index is 490. The Kier molecular flexibility index (Phi) is 3.54. The fourth-order valence-electron chi connectivity index (χ4n) is 1.27. The first-order chi connectivity index (χ1) is 8.34. The Morgan fingerprint density at radius 1 is 1.18 bits per heavy atom. The van der Waals surface area contributed by atoms with Crippen molar-refractivity contribution in [2.24, 2.45) is 5.10 Å². The molecule has 2 amide bonds. The highest BCUT2D eigenvalue weighted by atomic mass is 16.2. The molecule has 0 fully saturated rings. The van der Waals surface area contributed by atoms with E-state index in [4.69, 9.17) is 0 Å². The number of H-pyrrole nitrogens is 1. The zero-order valence-electron chi connectivity index (χ0n) is 9.05. The van der Waals surface area contributed by atoms with Gasteiger partial charge >= 0.3 is 6.03 Å². The van der Waals surface area contributed by atoms with Gasteiger partial charge in [0.05, 0.1) is 11.9 Å². The lowest BCUT2D eigenvalue weighted by Gasteiger charge is -2.02. The standard InChI is InChI=1S/C12H12N4O/c17-12(15-10-5-2-1-3-6-10)16-14-9-11-7-4-8-13-11/h1-9,13H,(H2,15,16,17). The topological polar surface area (TPSA) is 69.3 Å². The summed E-state index contributed by atoms with van der Waals surface area (Å²) in [6, 6.07) is 12.5. The van der Waals surface area contributed by atoms with Gasteiger partial charge in [0.25, 0.3) is 0 Å². The molecule has 0 aliphatic heterocycles. The van der Waals surface area contributed by atoms with Crippen LogP contribution in [0.15, 0.2) is 53.8 Å². The van der Waals surface area contributed by atoms with Gasteiger partial charge < -0.3 is 10.3 Å². The zero-order valence-corrected chi connectivity index (χ0v) is 9.05. The van der Waals surface area contributed by atoms with Crippen molar-refractivity contribution in [1.29, 1.82) is 0 Å². The van der Waals surface area contributed by atoms with Crippen LogP contribution in [-0.2, 0) is 0 Å². The van der Waals surface area contributed by atoms with Crippen molar-refractivity contribution in [2.45, 2.75) is 0 Å². The second kappa shape index (κ2) is 5.50. The molecule has 0 spiro atoms. The maximum absolute atomic E-state index is 11.4. The largest absolute Gasteiger partial charge is 0.360 e. The number of amides is 2. The first-order valence-corrected chi connectivity index (χ1v) is 5.13. The maximum Gasteiger partial charge on any atom is 0.339 e. The van der Waals surface area contributed by atoms with Crippen LogP contribution in [0.25, 0.3) is 0 Å². The summed E-state index contributed by atoms with van der Waals surface area (Å²) in [5.41, 5.74) is 3.92.